The molecular weight excluding hydrogens is 273 g/mol. The van der Waals surface area contributed by atoms with Gasteiger partial charge in [0.1, 0.15) is 5.82 Å². The van der Waals surface area contributed by atoms with Crippen molar-refractivity contribution in [2.45, 2.75) is 19.4 Å². The molecule has 0 aliphatic heterocycles. The van der Waals surface area contributed by atoms with Crippen LogP contribution in [0.25, 0.3) is 0 Å². The Morgan fingerprint density at radius 1 is 1.56 bits per heavy atom. The Labute approximate surface area is 114 Å². The third-order valence-corrected chi connectivity index (χ3v) is 3.87. The van der Waals surface area contributed by atoms with E-state index in [2.05, 4.69) is 10.4 Å². The van der Waals surface area contributed by atoms with E-state index in [1.807, 2.05) is 12.3 Å². The summed E-state index contributed by atoms with van der Waals surface area (Å²) in [4.78, 5) is 4.37. The summed E-state index contributed by atoms with van der Waals surface area (Å²) in [6, 6.07) is 4.59. The van der Waals surface area contributed by atoms with Gasteiger partial charge in [-0.05, 0) is 25.0 Å². The average Bonchev–Trinajstić information content (AvgIpc) is 2.78. The molecular formula is C12H13ClFN3S. The van der Waals surface area contributed by atoms with Crippen molar-refractivity contribution < 1.29 is 4.39 Å². The Bertz CT molecular complexity index is 544. The molecule has 0 saturated carbocycles. The first-order valence-electron chi connectivity index (χ1n) is 5.43. The maximum atomic E-state index is 13.3. The van der Waals surface area contributed by atoms with Crippen LogP contribution in [0.5, 0.6) is 0 Å². The Kier molecular flexibility index (Phi) is 4.29. The van der Waals surface area contributed by atoms with Gasteiger partial charge in [0.2, 0.25) is 0 Å². The fraction of sp³-hybridized carbons (Fsp3) is 0.250. The van der Waals surface area contributed by atoms with Crippen LogP contribution < -0.4 is 11.3 Å². The van der Waals surface area contributed by atoms with Crippen LogP contribution in [-0.2, 0) is 6.42 Å². The first-order chi connectivity index (χ1) is 8.61. The Hall–Kier alpha value is -1.01. The van der Waals surface area contributed by atoms with Crippen LogP contribution in [0.1, 0.15) is 22.3 Å². The van der Waals surface area contributed by atoms with E-state index >= 15 is 0 Å². The van der Waals surface area contributed by atoms with Crippen LogP contribution in [0.15, 0.2) is 23.6 Å². The Morgan fingerprint density at radius 2 is 2.33 bits per heavy atom. The monoisotopic (exact) mass is 285 g/mol. The molecule has 1 aromatic heterocycles. The summed E-state index contributed by atoms with van der Waals surface area (Å²) >= 11 is 7.48. The van der Waals surface area contributed by atoms with Gasteiger partial charge in [-0.3, -0.25) is 11.3 Å². The topological polar surface area (TPSA) is 50.9 Å². The van der Waals surface area contributed by atoms with E-state index < -0.39 is 5.82 Å². The quantitative estimate of drug-likeness (QED) is 0.671. The molecule has 0 aliphatic carbocycles. The first-order valence-corrected chi connectivity index (χ1v) is 6.68. The molecule has 3 N–H and O–H groups in total. The summed E-state index contributed by atoms with van der Waals surface area (Å²) in [5.74, 6) is 5.11. The average molecular weight is 286 g/mol. The Morgan fingerprint density at radius 3 is 2.94 bits per heavy atom. The molecule has 6 heteroatoms. The minimum Gasteiger partial charge on any atom is -0.271 e. The minimum absolute atomic E-state index is 0.143. The van der Waals surface area contributed by atoms with E-state index in [0.717, 1.165) is 10.7 Å². The van der Waals surface area contributed by atoms with Crippen LogP contribution in [0, 0.1) is 12.7 Å². The third-order valence-electron chi connectivity index (χ3n) is 2.65. The lowest BCUT2D eigenvalue weighted by molar-refractivity contribution is 0.537. The summed E-state index contributed by atoms with van der Waals surface area (Å²) in [6.45, 7) is 1.93. The van der Waals surface area contributed by atoms with Gasteiger partial charge in [-0.25, -0.2) is 9.37 Å². The van der Waals surface area contributed by atoms with Gasteiger partial charge in [-0.1, -0.05) is 23.7 Å². The second-order valence-corrected chi connectivity index (χ2v) is 5.37. The lowest BCUT2D eigenvalue weighted by atomic mass is 10.0. The second-order valence-electron chi connectivity index (χ2n) is 3.93. The van der Waals surface area contributed by atoms with Gasteiger partial charge in [-0.15, -0.1) is 11.3 Å². The molecule has 2 aromatic rings. The number of thiazole rings is 1. The SMILES string of the molecule is Cc1nc(C(Cc2cccc(F)c2Cl)NN)cs1. The largest absolute Gasteiger partial charge is 0.271 e. The number of nitrogens with two attached hydrogens (primary N) is 1. The molecule has 0 aliphatic rings. The maximum absolute atomic E-state index is 13.3. The molecule has 0 amide bonds. The highest BCUT2D eigenvalue weighted by molar-refractivity contribution is 7.09. The summed E-state index contributed by atoms with van der Waals surface area (Å²) in [5.41, 5.74) is 4.25. The number of aryl methyl sites for hydroxylation is 1. The van der Waals surface area contributed by atoms with E-state index in [1.165, 1.54) is 6.07 Å². The van der Waals surface area contributed by atoms with Crippen molar-refractivity contribution in [1.82, 2.24) is 10.4 Å². The summed E-state index contributed by atoms with van der Waals surface area (Å²) < 4.78 is 13.3. The van der Waals surface area contributed by atoms with Crippen LogP contribution in [0.3, 0.4) is 0 Å². The van der Waals surface area contributed by atoms with Crippen LogP contribution >= 0.6 is 22.9 Å². The second kappa shape index (κ2) is 5.75. The van der Waals surface area contributed by atoms with E-state index in [0.29, 0.717) is 12.0 Å². The molecule has 0 radical (unpaired) electrons. The number of hydrogen-bond acceptors (Lipinski definition) is 4. The molecule has 2 rings (SSSR count). The zero-order valence-corrected chi connectivity index (χ0v) is 11.4. The predicted molar refractivity (Wildman–Crippen MR) is 72.0 cm³/mol. The highest BCUT2D eigenvalue weighted by Gasteiger charge is 2.16. The van der Waals surface area contributed by atoms with E-state index in [4.69, 9.17) is 17.4 Å². The van der Waals surface area contributed by atoms with Gasteiger partial charge in [0.15, 0.2) is 0 Å². The van der Waals surface area contributed by atoms with Crippen molar-refractivity contribution in [3.63, 3.8) is 0 Å². The number of benzene rings is 1. The number of rotatable bonds is 4. The predicted octanol–water partition coefficient (Wildman–Crippen LogP) is 2.99. The maximum Gasteiger partial charge on any atom is 0.142 e. The molecule has 0 bridgehead atoms. The van der Waals surface area contributed by atoms with Gasteiger partial charge in [-0.2, -0.15) is 0 Å². The third kappa shape index (κ3) is 2.87. The van der Waals surface area contributed by atoms with Gasteiger partial charge in [0, 0.05) is 5.38 Å². The number of hydrogen-bond donors (Lipinski definition) is 2. The number of aromatic nitrogens is 1. The first kappa shape index (κ1) is 13.4. The zero-order chi connectivity index (χ0) is 13.1. The lowest BCUT2D eigenvalue weighted by Gasteiger charge is -2.14. The molecule has 18 heavy (non-hydrogen) atoms. The van der Waals surface area contributed by atoms with Crippen molar-refractivity contribution in [2.75, 3.05) is 0 Å². The van der Waals surface area contributed by atoms with Crippen LogP contribution in [-0.4, -0.2) is 4.98 Å². The number of nitrogens with zero attached hydrogens (tertiary/aromatic N) is 1. The zero-order valence-electron chi connectivity index (χ0n) is 9.78. The van der Waals surface area contributed by atoms with Crippen molar-refractivity contribution >= 4 is 22.9 Å². The van der Waals surface area contributed by atoms with Gasteiger partial charge in [0.25, 0.3) is 0 Å². The van der Waals surface area contributed by atoms with E-state index in [1.54, 1.807) is 23.5 Å². The highest BCUT2D eigenvalue weighted by Crippen LogP contribution is 2.25. The summed E-state index contributed by atoms with van der Waals surface area (Å²) in [7, 11) is 0. The number of hydrazine groups is 1. The molecule has 1 atom stereocenters. The van der Waals surface area contributed by atoms with Crippen LogP contribution in [0.2, 0.25) is 5.02 Å². The molecule has 96 valence electrons. The van der Waals surface area contributed by atoms with Crippen molar-refractivity contribution in [3.05, 3.63) is 50.7 Å². The number of nitrogens with one attached hydrogen (secondary N) is 1. The van der Waals surface area contributed by atoms with Crippen molar-refractivity contribution in [1.29, 1.82) is 0 Å². The van der Waals surface area contributed by atoms with E-state index in [9.17, 15) is 4.39 Å². The minimum atomic E-state index is -0.417. The number of halogens is 2. The normalized spacial score (nSPS) is 12.7. The molecule has 1 aromatic carbocycles. The smallest absolute Gasteiger partial charge is 0.142 e. The standard InChI is InChI=1S/C12H13ClFN3S/c1-7-16-11(6-18-7)10(17-15)5-8-3-2-4-9(14)12(8)13/h2-4,6,10,17H,5,15H2,1H3. The lowest BCUT2D eigenvalue weighted by Crippen LogP contribution is -2.30. The van der Waals surface area contributed by atoms with Gasteiger partial charge >= 0.3 is 0 Å². The fourth-order valence-corrected chi connectivity index (χ4v) is 2.58. The van der Waals surface area contributed by atoms with Gasteiger partial charge in [0.05, 0.1) is 21.8 Å². The molecule has 1 unspecified atom stereocenters. The highest BCUT2D eigenvalue weighted by atomic mass is 35.5. The van der Waals surface area contributed by atoms with E-state index in [-0.39, 0.29) is 11.1 Å². The fourth-order valence-electron chi connectivity index (χ4n) is 1.72. The Balaban J connectivity index is 2.23. The summed E-state index contributed by atoms with van der Waals surface area (Å²) in [6.07, 6.45) is 0.496. The van der Waals surface area contributed by atoms with Crippen molar-refractivity contribution in [3.8, 4) is 0 Å². The van der Waals surface area contributed by atoms with Crippen molar-refractivity contribution in [2.24, 2.45) is 5.84 Å². The van der Waals surface area contributed by atoms with Crippen LogP contribution in [0.4, 0.5) is 4.39 Å². The molecule has 0 fully saturated rings. The molecule has 3 nitrogen and oxygen atoms in total. The molecule has 0 saturated heterocycles. The summed E-state index contributed by atoms with van der Waals surface area (Å²) in [5, 5.41) is 3.05. The molecule has 0 spiro atoms. The van der Waals surface area contributed by atoms with Gasteiger partial charge < -0.3 is 0 Å². The molecule has 1 heterocycles.